The Morgan fingerprint density at radius 2 is 2.10 bits per heavy atom. The van der Waals surface area contributed by atoms with Crippen LogP contribution in [0.2, 0.25) is 0 Å². The zero-order chi connectivity index (χ0) is 21.0. The maximum atomic E-state index is 12.6. The molecule has 0 bridgehead atoms. The van der Waals surface area contributed by atoms with Crippen molar-refractivity contribution in [1.29, 1.82) is 5.26 Å². The lowest BCUT2D eigenvalue weighted by atomic mass is 10.1. The number of nitrogens with one attached hydrogen (secondary N) is 2. The van der Waals surface area contributed by atoms with Crippen molar-refractivity contribution in [1.82, 2.24) is 14.5 Å². The Labute approximate surface area is 162 Å². The molecule has 0 aliphatic rings. The van der Waals surface area contributed by atoms with Crippen molar-refractivity contribution in [2.45, 2.75) is 6.54 Å². The molecule has 3 aromatic rings. The number of nitro benzene ring substituents is 1. The van der Waals surface area contributed by atoms with Crippen LogP contribution in [-0.4, -0.2) is 25.4 Å². The highest BCUT2D eigenvalue weighted by Crippen LogP contribution is 2.21. The van der Waals surface area contributed by atoms with Gasteiger partial charge in [0.2, 0.25) is 0 Å². The molecule has 11 nitrogen and oxygen atoms in total. The van der Waals surface area contributed by atoms with Gasteiger partial charge in [-0.2, -0.15) is 5.26 Å². The minimum absolute atomic E-state index is 0.00928. The molecule has 0 saturated carbocycles. The van der Waals surface area contributed by atoms with E-state index in [1.807, 2.05) is 0 Å². The number of nitriles is 1. The number of pyridine rings is 1. The van der Waals surface area contributed by atoms with Gasteiger partial charge in [0.25, 0.3) is 17.2 Å². The summed E-state index contributed by atoms with van der Waals surface area (Å²) in [6, 6.07) is 10.0. The summed E-state index contributed by atoms with van der Waals surface area (Å²) in [4.78, 5) is 53.7. The molecule has 29 heavy (non-hydrogen) atoms. The van der Waals surface area contributed by atoms with Crippen molar-refractivity contribution >= 4 is 17.3 Å². The van der Waals surface area contributed by atoms with Crippen LogP contribution in [0.25, 0.3) is 0 Å². The lowest BCUT2D eigenvalue weighted by Crippen LogP contribution is -2.39. The molecule has 1 aromatic carbocycles. The lowest BCUT2D eigenvalue weighted by Gasteiger charge is -2.09. The maximum Gasteiger partial charge on any atom is 0.328 e. The van der Waals surface area contributed by atoms with Crippen LogP contribution in [0.1, 0.15) is 21.6 Å². The summed E-state index contributed by atoms with van der Waals surface area (Å²) in [5.41, 5.74) is -1.97. The van der Waals surface area contributed by atoms with E-state index in [4.69, 9.17) is 5.26 Å². The Bertz CT molecular complexity index is 1260. The van der Waals surface area contributed by atoms with E-state index in [1.54, 1.807) is 24.3 Å². The number of non-ortho nitro benzene ring substituents is 1. The summed E-state index contributed by atoms with van der Waals surface area (Å²) in [6.45, 7) is -0.142. The van der Waals surface area contributed by atoms with Gasteiger partial charge in [0.1, 0.15) is 11.6 Å². The number of amides is 1. The summed E-state index contributed by atoms with van der Waals surface area (Å²) >= 11 is 0. The molecule has 144 valence electrons. The van der Waals surface area contributed by atoms with Gasteiger partial charge in [-0.3, -0.25) is 29.3 Å². The van der Waals surface area contributed by atoms with Crippen LogP contribution in [-0.2, 0) is 6.54 Å². The normalized spacial score (nSPS) is 10.2. The fraction of sp³-hybridized carbons (Fsp3) is 0.0556. The number of hydrogen-bond donors (Lipinski definition) is 2. The average Bonchev–Trinajstić information content (AvgIpc) is 2.72. The number of benzene rings is 1. The zero-order valence-corrected chi connectivity index (χ0v) is 14.7. The molecule has 0 radical (unpaired) electrons. The second-order valence-electron chi connectivity index (χ2n) is 5.77. The number of nitro groups is 1. The van der Waals surface area contributed by atoms with Crippen LogP contribution in [0.4, 0.5) is 11.4 Å². The fourth-order valence-electron chi connectivity index (χ4n) is 2.51. The van der Waals surface area contributed by atoms with Gasteiger partial charge in [0.05, 0.1) is 28.4 Å². The van der Waals surface area contributed by atoms with Crippen molar-refractivity contribution < 1.29 is 9.72 Å². The molecular formula is C18H12N6O5. The molecule has 0 atom stereocenters. The minimum atomic E-state index is -0.883. The number of carbonyl (C=O) groups excluding carboxylic acids is 1. The first kappa shape index (κ1) is 19.2. The second kappa shape index (κ2) is 7.97. The quantitative estimate of drug-likeness (QED) is 0.483. The van der Waals surface area contributed by atoms with Crippen molar-refractivity contribution in [3.63, 3.8) is 0 Å². The monoisotopic (exact) mass is 392 g/mol. The Kier molecular flexibility index (Phi) is 5.27. The van der Waals surface area contributed by atoms with E-state index in [0.29, 0.717) is 5.69 Å². The first-order chi connectivity index (χ1) is 13.9. The first-order valence-electron chi connectivity index (χ1n) is 8.13. The number of H-pyrrole nitrogens is 1. The van der Waals surface area contributed by atoms with Crippen molar-refractivity contribution in [2.24, 2.45) is 0 Å². The van der Waals surface area contributed by atoms with Crippen molar-refractivity contribution in [3.8, 4) is 6.07 Å². The zero-order valence-electron chi connectivity index (χ0n) is 14.7. The smallest absolute Gasteiger partial charge is 0.321 e. The number of anilines is 1. The van der Waals surface area contributed by atoms with Crippen molar-refractivity contribution in [2.75, 3.05) is 5.32 Å². The third-order valence-corrected chi connectivity index (χ3v) is 3.93. The van der Waals surface area contributed by atoms with E-state index in [9.17, 15) is 24.5 Å². The number of nitrogens with zero attached hydrogens (tertiary/aromatic N) is 4. The van der Waals surface area contributed by atoms with Gasteiger partial charge in [-0.25, -0.2) is 4.79 Å². The SMILES string of the molecule is N#Cc1cc([N+](=O)[O-])ccc1NC(=O)c1c[nH]c(=O)n(Cc2ccccn2)c1=O. The Balaban J connectivity index is 1.94. The van der Waals surface area contributed by atoms with Gasteiger partial charge in [-0.1, -0.05) is 6.07 Å². The minimum Gasteiger partial charge on any atom is -0.321 e. The summed E-state index contributed by atoms with van der Waals surface area (Å²) in [5.74, 6) is -0.883. The van der Waals surface area contributed by atoms with Gasteiger partial charge in [0, 0.05) is 24.5 Å². The van der Waals surface area contributed by atoms with Crippen LogP contribution in [0.5, 0.6) is 0 Å². The van der Waals surface area contributed by atoms with Crippen LogP contribution in [0, 0.1) is 21.4 Å². The van der Waals surface area contributed by atoms with E-state index in [1.165, 1.54) is 12.3 Å². The van der Waals surface area contributed by atoms with E-state index in [-0.39, 0.29) is 29.0 Å². The van der Waals surface area contributed by atoms with Gasteiger partial charge in [-0.15, -0.1) is 0 Å². The summed E-state index contributed by atoms with van der Waals surface area (Å²) < 4.78 is 0.818. The Morgan fingerprint density at radius 1 is 1.31 bits per heavy atom. The second-order valence-corrected chi connectivity index (χ2v) is 5.77. The highest BCUT2D eigenvalue weighted by Gasteiger charge is 2.18. The molecule has 0 fully saturated rings. The predicted molar refractivity (Wildman–Crippen MR) is 100 cm³/mol. The van der Waals surface area contributed by atoms with Crippen LogP contribution >= 0.6 is 0 Å². The molecule has 0 spiro atoms. The largest absolute Gasteiger partial charge is 0.328 e. The van der Waals surface area contributed by atoms with Crippen LogP contribution < -0.4 is 16.6 Å². The summed E-state index contributed by atoms with van der Waals surface area (Å²) in [5, 5.41) is 22.3. The van der Waals surface area contributed by atoms with Gasteiger partial charge in [0.15, 0.2) is 0 Å². The Hall–Kier alpha value is -4.59. The molecule has 2 N–H and O–H groups in total. The summed E-state index contributed by atoms with van der Waals surface area (Å²) in [6.07, 6.45) is 2.47. The average molecular weight is 392 g/mol. The number of hydrogen-bond acceptors (Lipinski definition) is 7. The molecule has 1 amide bonds. The number of aromatic nitrogens is 3. The molecule has 0 unspecified atom stereocenters. The molecule has 2 aromatic heterocycles. The number of aromatic amines is 1. The van der Waals surface area contributed by atoms with Crippen LogP contribution in [0.3, 0.4) is 0 Å². The van der Waals surface area contributed by atoms with Gasteiger partial charge >= 0.3 is 5.69 Å². The molecule has 11 heteroatoms. The molecule has 0 aliphatic heterocycles. The van der Waals surface area contributed by atoms with E-state index in [2.05, 4.69) is 15.3 Å². The predicted octanol–water partition coefficient (Wildman–Crippen LogP) is 1.01. The van der Waals surface area contributed by atoms with E-state index >= 15 is 0 Å². The van der Waals surface area contributed by atoms with Gasteiger partial charge in [-0.05, 0) is 18.2 Å². The third kappa shape index (κ3) is 4.06. The third-order valence-electron chi connectivity index (χ3n) is 3.93. The number of carbonyl (C=O) groups is 1. The molecule has 0 saturated heterocycles. The molecular weight excluding hydrogens is 380 g/mol. The highest BCUT2D eigenvalue weighted by atomic mass is 16.6. The van der Waals surface area contributed by atoms with Crippen molar-refractivity contribution in [3.05, 3.63) is 96.6 Å². The van der Waals surface area contributed by atoms with Gasteiger partial charge < -0.3 is 10.3 Å². The topological polar surface area (TPSA) is 164 Å². The molecule has 2 heterocycles. The highest BCUT2D eigenvalue weighted by molar-refractivity contribution is 6.04. The lowest BCUT2D eigenvalue weighted by molar-refractivity contribution is -0.384. The maximum absolute atomic E-state index is 12.6. The molecule has 0 aliphatic carbocycles. The standard InChI is InChI=1S/C18H12N6O5/c19-8-11-7-13(24(28)29)4-5-15(11)22-16(25)14-9-21-18(27)23(17(14)26)10-12-3-1-2-6-20-12/h1-7,9H,10H2,(H,21,27)(H,22,25). The number of rotatable bonds is 5. The van der Waals surface area contributed by atoms with E-state index in [0.717, 1.165) is 22.9 Å². The molecule has 3 rings (SSSR count). The fourth-order valence-corrected chi connectivity index (χ4v) is 2.51. The van der Waals surface area contributed by atoms with E-state index < -0.39 is 22.1 Å². The first-order valence-corrected chi connectivity index (χ1v) is 8.13. The summed E-state index contributed by atoms with van der Waals surface area (Å²) in [7, 11) is 0. The van der Waals surface area contributed by atoms with Crippen LogP contribution in [0.15, 0.2) is 58.4 Å². The Morgan fingerprint density at radius 3 is 2.76 bits per heavy atom.